The number of aryl methyl sites for hydroxylation is 4. The van der Waals surface area contributed by atoms with E-state index in [0.717, 1.165) is 30.2 Å². The first-order valence-corrected chi connectivity index (χ1v) is 11.5. The van der Waals surface area contributed by atoms with Crippen LogP contribution in [0.1, 0.15) is 37.8 Å². The summed E-state index contributed by atoms with van der Waals surface area (Å²) in [5.74, 6) is 1.87. The SMILES string of the molecule is Cc1nnc(SCc2c(C)cc(C)c(CSc3nnc(C)s3)c2C)s1. The van der Waals surface area contributed by atoms with Crippen molar-refractivity contribution in [2.24, 2.45) is 0 Å². The van der Waals surface area contributed by atoms with E-state index in [1.54, 1.807) is 46.2 Å². The summed E-state index contributed by atoms with van der Waals surface area (Å²) in [6, 6.07) is 2.30. The molecule has 0 saturated heterocycles. The fourth-order valence-corrected chi connectivity index (χ4v) is 6.66. The minimum atomic E-state index is 0.933. The van der Waals surface area contributed by atoms with E-state index < -0.39 is 0 Å². The zero-order chi connectivity index (χ0) is 18.0. The summed E-state index contributed by atoms with van der Waals surface area (Å²) in [6.45, 7) is 10.6. The van der Waals surface area contributed by atoms with Crippen molar-refractivity contribution in [3.8, 4) is 0 Å². The van der Waals surface area contributed by atoms with Crippen LogP contribution in [-0.2, 0) is 11.5 Å². The number of rotatable bonds is 6. The normalized spacial score (nSPS) is 11.2. The van der Waals surface area contributed by atoms with Crippen molar-refractivity contribution < 1.29 is 0 Å². The summed E-state index contributed by atoms with van der Waals surface area (Å²) in [5, 5.41) is 18.7. The first kappa shape index (κ1) is 18.8. The quantitative estimate of drug-likeness (QED) is 0.501. The van der Waals surface area contributed by atoms with E-state index in [-0.39, 0.29) is 0 Å². The van der Waals surface area contributed by atoms with Gasteiger partial charge in [0.05, 0.1) is 0 Å². The molecule has 0 unspecified atom stereocenters. The van der Waals surface area contributed by atoms with Crippen LogP contribution in [0.25, 0.3) is 0 Å². The molecular formula is C17H20N4S4. The van der Waals surface area contributed by atoms with Gasteiger partial charge in [-0.3, -0.25) is 0 Å². The molecule has 132 valence electrons. The Hall–Kier alpha value is -0.960. The summed E-state index contributed by atoms with van der Waals surface area (Å²) in [6.07, 6.45) is 0. The molecule has 25 heavy (non-hydrogen) atoms. The first-order chi connectivity index (χ1) is 11.9. The molecule has 0 bridgehead atoms. The average molecular weight is 409 g/mol. The highest BCUT2D eigenvalue weighted by Crippen LogP contribution is 2.34. The number of thioether (sulfide) groups is 2. The minimum Gasteiger partial charge on any atom is -0.143 e. The molecule has 1 aromatic carbocycles. The maximum Gasteiger partial charge on any atom is 0.174 e. The Morgan fingerprint density at radius 1 is 0.720 bits per heavy atom. The van der Waals surface area contributed by atoms with Crippen LogP contribution in [0.4, 0.5) is 0 Å². The lowest BCUT2D eigenvalue weighted by atomic mass is 9.95. The van der Waals surface area contributed by atoms with Gasteiger partial charge in [0.25, 0.3) is 0 Å². The molecule has 0 N–H and O–H groups in total. The van der Waals surface area contributed by atoms with Crippen molar-refractivity contribution in [1.29, 1.82) is 0 Å². The Labute approximate surface area is 164 Å². The van der Waals surface area contributed by atoms with Crippen LogP contribution in [-0.4, -0.2) is 20.4 Å². The van der Waals surface area contributed by atoms with E-state index in [0.29, 0.717) is 0 Å². The molecule has 4 nitrogen and oxygen atoms in total. The maximum atomic E-state index is 4.22. The second kappa shape index (κ2) is 8.16. The Kier molecular flexibility index (Phi) is 6.14. The van der Waals surface area contributed by atoms with Gasteiger partial charge >= 0.3 is 0 Å². The summed E-state index contributed by atoms with van der Waals surface area (Å²) in [7, 11) is 0. The molecule has 0 aliphatic rings. The lowest BCUT2D eigenvalue weighted by molar-refractivity contribution is 0.982. The number of hydrogen-bond donors (Lipinski definition) is 0. The Bertz CT molecular complexity index is 816. The van der Waals surface area contributed by atoms with Crippen LogP contribution >= 0.6 is 46.2 Å². The van der Waals surface area contributed by atoms with E-state index in [1.165, 1.54) is 27.8 Å². The molecule has 8 heteroatoms. The topological polar surface area (TPSA) is 51.6 Å². The molecule has 0 aliphatic heterocycles. The number of nitrogens with zero attached hydrogens (tertiary/aromatic N) is 4. The zero-order valence-electron chi connectivity index (χ0n) is 14.9. The Morgan fingerprint density at radius 3 is 1.52 bits per heavy atom. The summed E-state index contributed by atoms with van der Waals surface area (Å²) >= 11 is 6.86. The molecule has 0 aliphatic carbocycles. The summed E-state index contributed by atoms with van der Waals surface area (Å²) in [4.78, 5) is 0. The van der Waals surface area contributed by atoms with Gasteiger partial charge in [0, 0.05) is 11.5 Å². The average Bonchev–Trinajstić information content (AvgIpc) is 3.15. The molecule has 0 amide bonds. The predicted octanol–water partition coefficient (Wildman–Crippen LogP) is 5.52. The molecule has 3 aromatic rings. The van der Waals surface area contributed by atoms with Crippen LogP contribution in [0.5, 0.6) is 0 Å². The van der Waals surface area contributed by atoms with E-state index in [9.17, 15) is 0 Å². The lowest BCUT2D eigenvalue weighted by Crippen LogP contribution is -2.00. The van der Waals surface area contributed by atoms with Gasteiger partial charge < -0.3 is 0 Å². The van der Waals surface area contributed by atoms with Gasteiger partial charge in [-0.25, -0.2) is 0 Å². The van der Waals surface area contributed by atoms with Crippen molar-refractivity contribution in [3.63, 3.8) is 0 Å². The highest BCUT2D eigenvalue weighted by molar-refractivity contribution is 8.00. The number of benzene rings is 1. The maximum absolute atomic E-state index is 4.22. The second-order valence-electron chi connectivity index (χ2n) is 5.84. The van der Waals surface area contributed by atoms with Crippen LogP contribution in [0.3, 0.4) is 0 Å². The van der Waals surface area contributed by atoms with E-state index in [1.807, 2.05) is 13.8 Å². The molecule has 0 spiro atoms. The third-order valence-corrected chi connectivity index (χ3v) is 7.98. The minimum absolute atomic E-state index is 0.933. The molecule has 0 fully saturated rings. The summed E-state index contributed by atoms with van der Waals surface area (Å²) in [5.41, 5.74) is 6.91. The molecular weight excluding hydrogens is 388 g/mol. The third-order valence-electron chi connectivity index (χ3n) is 3.99. The van der Waals surface area contributed by atoms with E-state index >= 15 is 0 Å². The molecule has 0 radical (unpaired) electrons. The smallest absolute Gasteiger partial charge is 0.143 e. The van der Waals surface area contributed by atoms with Crippen molar-refractivity contribution in [2.75, 3.05) is 0 Å². The lowest BCUT2D eigenvalue weighted by Gasteiger charge is -2.16. The monoisotopic (exact) mass is 408 g/mol. The standard InChI is InChI=1S/C17H20N4S4/c1-9-6-10(2)15(8-23-17-21-19-13(5)25-17)11(3)14(9)7-22-16-20-18-12(4)24-16/h6H,7-8H2,1-5H3. The molecule has 0 atom stereocenters. The second-order valence-corrected chi connectivity index (χ2v) is 10.7. The van der Waals surface area contributed by atoms with Crippen molar-refractivity contribution in [3.05, 3.63) is 43.9 Å². The number of hydrogen-bond acceptors (Lipinski definition) is 8. The van der Waals surface area contributed by atoms with Crippen LogP contribution in [0.15, 0.2) is 14.7 Å². The molecule has 2 aromatic heterocycles. The number of aromatic nitrogens is 4. The van der Waals surface area contributed by atoms with Gasteiger partial charge in [0.15, 0.2) is 8.68 Å². The Balaban J connectivity index is 1.78. The third kappa shape index (κ3) is 4.61. The summed E-state index contributed by atoms with van der Waals surface area (Å²) < 4.78 is 2.08. The van der Waals surface area contributed by atoms with Gasteiger partial charge in [0.2, 0.25) is 0 Å². The largest absolute Gasteiger partial charge is 0.174 e. The molecule has 3 rings (SSSR count). The van der Waals surface area contributed by atoms with Crippen LogP contribution < -0.4 is 0 Å². The Morgan fingerprint density at radius 2 is 1.16 bits per heavy atom. The van der Waals surface area contributed by atoms with Crippen molar-refractivity contribution >= 4 is 46.2 Å². The van der Waals surface area contributed by atoms with Crippen LogP contribution in [0, 0.1) is 34.6 Å². The zero-order valence-corrected chi connectivity index (χ0v) is 18.2. The highest BCUT2D eigenvalue weighted by atomic mass is 32.2. The van der Waals surface area contributed by atoms with Gasteiger partial charge in [0.1, 0.15) is 10.0 Å². The first-order valence-electron chi connectivity index (χ1n) is 7.88. The van der Waals surface area contributed by atoms with Gasteiger partial charge in [-0.1, -0.05) is 52.3 Å². The highest BCUT2D eigenvalue weighted by Gasteiger charge is 2.14. The van der Waals surface area contributed by atoms with E-state index in [2.05, 4.69) is 47.2 Å². The predicted molar refractivity (Wildman–Crippen MR) is 109 cm³/mol. The van der Waals surface area contributed by atoms with Gasteiger partial charge in [-0.05, 0) is 62.4 Å². The van der Waals surface area contributed by atoms with Crippen molar-refractivity contribution in [1.82, 2.24) is 20.4 Å². The van der Waals surface area contributed by atoms with Gasteiger partial charge in [-0.2, -0.15) is 0 Å². The fourth-order valence-electron chi connectivity index (χ4n) is 2.66. The fraction of sp³-hybridized carbons (Fsp3) is 0.412. The van der Waals surface area contributed by atoms with Crippen molar-refractivity contribution in [2.45, 2.75) is 54.8 Å². The van der Waals surface area contributed by atoms with E-state index in [4.69, 9.17) is 0 Å². The van der Waals surface area contributed by atoms with Crippen LogP contribution in [0.2, 0.25) is 0 Å². The van der Waals surface area contributed by atoms with Gasteiger partial charge in [-0.15, -0.1) is 20.4 Å². The molecule has 0 saturated carbocycles. The molecule has 2 heterocycles.